The summed E-state index contributed by atoms with van der Waals surface area (Å²) in [6.45, 7) is 10.5. The predicted octanol–water partition coefficient (Wildman–Crippen LogP) is 3.43. The molecule has 0 aliphatic heterocycles. The van der Waals surface area contributed by atoms with E-state index < -0.39 is 11.7 Å². The molecule has 146 valence electrons. The van der Waals surface area contributed by atoms with Crippen LogP contribution in [-0.4, -0.2) is 36.6 Å². The molecule has 5 nitrogen and oxygen atoms in total. The fraction of sp³-hybridized carbons (Fsp3) is 0.850. The van der Waals surface area contributed by atoms with E-state index in [9.17, 15) is 15.3 Å². The predicted molar refractivity (Wildman–Crippen MR) is 101 cm³/mol. The Labute approximate surface area is 153 Å². The van der Waals surface area contributed by atoms with Gasteiger partial charge in [0.15, 0.2) is 0 Å². The van der Waals surface area contributed by atoms with E-state index in [-0.39, 0.29) is 13.2 Å². The topological polar surface area (TPSA) is 78.5 Å². The third-order valence-corrected chi connectivity index (χ3v) is 5.30. The summed E-state index contributed by atoms with van der Waals surface area (Å²) in [5.74, 6) is 1.43. The number of imidazole rings is 1. The van der Waals surface area contributed by atoms with Crippen molar-refractivity contribution in [3.05, 3.63) is 17.7 Å². The summed E-state index contributed by atoms with van der Waals surface area (Å²) < 4.78 is 1.79. The van der Waals surface area contributed by atoms with E-state index in [2.05, 4.69) is 25.8 Å². The highest BCUT2D eigenvalue weighted by atomic mass is 16.3. The van der Waals surface area contributed by atoms with Gasteiger partial charge in [0, 0.05) is 5.69 Å². The average molecular weight is 355 g/mol. The van der Waals surface area contributed by atoms with Crippen LogP contribution >= 0.6 is 0 Å². The Bertz CT molecular complexity index is 497. The van der Waals surface area contributed by atoms with Gasteiger partial charge in [-0.25, -0.2) is 4.98 Å². The van der Waals surface area contributed by atoms with Crippen LogP contribution in [0.3, 0.4) is 0 Å². The van der Waals surface area contributed by atoms with Gasteiger partial charge in [-0.3, -0.25) is 0 Å². The van der Waals surface area contributed by atoms with Crippen molar-refractivity contribution in [2.75, 3.05) is 0 Å². The first kappa shape index (κ1) is 22.1. The summed E-state index contributed by atoms with van der Waals surface area (Å²) in [6.07, 6.45) is 7.12. The van der Waals surface area contributed by atoms with Crippen molar-refractivity contribution in [2.45, 2.75) is 98.0 Å². The van der Waals surface area contributed by atoms with E-state index in [1.807, 2.05) is 6.92 Å². The monoisotopic (exact) mass is 354 g/mol. The Kier molecular flexibility index (Phi) is 9.11. The Balaban J connectivity index is 2.39. The smallest absolute Gasteiger partial charge is 0.100 e. The van der Waals surface area contributed by atoms with Gasteiger partial charge in [0.1, 0.15) is 6.10 Å². The normalized spacial score (nSPS) is 16.8. The number of rotatable bonds is 12. The molecule has 1 heterocycles. The molecular weight excluding hydrogens is 316 g/mol. The van der Waals surface area contributed by atoms with E-state index in [0.29, 0.717) is 18.0 Å². The molecule has 0 saturated carbocycles. The second-order valence-electron chi connectivity index (χ2n) is 8.28. The minimum atomic E-state index is -1.12. The molecule has 1 rings (SSSR count). The van der Waals surface area contributed by atoms with Gasteiger partial charge >= 0.3 is 0 Å². The summed E-state index contributed by atoms with van der Waals surface area (Å²) in [6, 6.07) is 0. The molecule has 5 heteroatoms. The lowest BCUT2D eigenvalue weighted by Crippen LogP contribution is -2.42. The lowest BCUT2D eigenvalue weighted by Gasteiger charge is -2.30. The molecule has 1 aromatic heterocycles. The molecule has 0 aliphatic carbocycles. The summed E-state index contributed by atoms with van der Waals surface area (Å²) in [5, 5.41) is 30.3. The summed E-state index contributed by atoms with van der Waals surface area (Å²) >= 11 is 0. The molecule has 3 N–H and O–H groups in total. The van der Waals surface area contributed by atoms with Crippen LogP contribution in [0, 0.1) is 18.8 Å². The first-order chi connectivity index (χ1) is 11.7. The lowest BCUT2D eigenvalue weighted by molar-refractivity contribution is -0.0754. The molecule has 3 unspecified atom stereocenters. The van der Waals surface area contributed by atoms with Crippen molar-refractivity contribution < 1.29 is 15.3 Å². The Morgan fingerprint density at radius 3 is 2.36 bits per heavy atom. The lowest BCUT2D eigenvalue weighted by atomic mass is 9.89. The molecule has 0 radical (unpaired) electrons. The van der Waals surface area contributed by atoms with Crippen LogP contribution in [0.15, 0.2) is 6.33 Å². The van der Waals surface area contributed by atoms with Gasteiger partial charge in [-0.15, -0.1) is 0 Å². The van der Waals surface area contributed by atoms with E-state index in [1.165, 1.54) is 19.3 Å². The van der Waals surface area contributed by atoms with Crippen LogP contribution in [0.25, 0.3) is 0 Å². The second-order valence-corrected chi connectivity index (χ2v) is 8.28. The number of aliphatic hydroxyl groups excluding tert-OH is 2. The Morgan fingerprint density at radius 1 is 1.16 bits per heavy atom. The zero-order chi connectivity index (χ0) is 19.0. The van der Waals surface area contributed by atoms with Crippen LogP contribution in [0.5, 0.6) is 0 Å². The maximum Gasteiger partial charge on any atom is 0.100 e. The zero-order valence-corrected chi connectivity index (χ0v) is 16.7. The van der Waals surface area contributed by atoms with E-state index in [0.717, 1.165) is 24.5 Å². The van der Waals surface area contributed by atoms with E-state index in [1.54, 1.807) is 17.8 Å². The molecular formula is C20H38N2O3. The molecule has 1 aromatic rings. The average Bonchev–Trinajstić information content (AvgIpc) is 2.87. The second kappa shape index (κ2) is 10.3. The highest BCUT2D eigenvalue weighted by molar-refractivity contribution is 5.10. The van der Waals surface area contributed by atoms with Gasteiger partial charge < -0.3 is 19.9 Å². The number of aromatic nitrogens is 2. The van der Waals surface area contributed by atoms with Gasteiger partial charge in [0.05, 0.1) is 30.8 Å². The zero-order valence-electron chi connectivity index (χ0n) is 16.7. The summed E-state index contributed by atoms with van der Waals surface area (Å²) in [7, 11) is 0. The first-order valence-corrected chi connectivity index (χ1v) is 9.69. The van der Waals surface area contributed by atoms with Crippen molar-refractivity contribution in [3.63, 3.8) is 0 Å². The maximum atomic E-state index is 10.6. The number of hydrogen-bond acceptors (Lipinski definition) is 4. The minimum Gasteiger partial charge on any atom is -0.390 e. The van der Waals surface area contributed by atoms with Gasteiger partial charge in [0.25, 0.3) is 0 Å². The fourth-order valence-electron chi connectivity index (χ4n) is 3.20. The molecule has 25 heavy (non-hydrogen) atoms. The molecule has 0 fully saturated rings. The van der Waals surface area contributed by atoms with Crippen LogP contribution in [0.2, 0.25) is 0 Å². The summed E-state index contributed by atoms with van der Waals surface area (Å²) in [4.78, 5) is 4.12. The number of nitrogens with zero attached hydrogens (tertiary/aromatic N) is 2. The molecule has 0 bridgehead atoms. The van der Waals surface area contributed by atoms with Gasteiger partial charge in [-0.05, 0) is 32.1 Å². The maximum absolute atomic E-state index is 10.6. The third-order valence-electron chi connectivity index (χ3n) is 5.30. The standard InChI is InChI=1S/C20H38N2O3/c1-15(2)8-6-9-16(3)10-7-11-20(5,25)19(24)12-22-14-21-18(13-23)17(22)4/h14-16,19,23-25H,6-13H2,1-5H3. The van der Waals surface area contributed by atoms with Crippen molar-refractivity contribution in [1.29, 1.82) is 0 Å². The number of hydrogen-bond donors (Lipinski definition) is 3. The third kappa shape index (κ3) is 7.47. The van der Waals surface area contributed by atoms with Crippen LogP contribution in [-0.2, 0) is 13.2 Å². The molecule has 3 atom stereocenters. The van der Waals surface area contributed by atoms with Crippen molar-refractivity contribution in [2.24, 2.45) is 11.8 Å². The molecule has 0 spiro atoms. The van der Waals surface area contributed by atoms with Crippen molar-refractivity contribution in [3.8, 4) is 0 Å². The highest BCUT2D eigenvalue weighted by Gasteiger charge is 2.30. The van der Waals surface area contributed by atoms with E-state index >= 15 is 0 Å². The van der Waals surface area contributed by atoms with E-state index in [4.69, 9.17) is 0 Å². The molecule has 0 aliphatic rings. The van der Waals surface area contributed by atoms with Crippen LogP contribution < -0.4 is 0 Å². The minimum absolute atomic E-state index is 0.111. The number of aliphatic hydroxyl groups is 3. The SMILES string of the molecule is Cc1c(CO)ncn1CC(O)C(C)(O)CCCC(C)CCCC(C)C. The summed E-state index contributed by atoms with van der Waals surface area (Å²) in [5.41, 5.74) is 0.325. The van der Waals surface area contributed by atoms with Crippen molar-refractivity contribution in [1.82, 2.24) is 9.55 Å². The quantitative estimate of drug-likeness (QED) is 0.537. The van der Waals surface area contributed by atoms with Crippen LogP contribution in [0.4, 0.5) is 0 Å². The van der Waals surface area contributed by atoms with Crippen molar-refractivity contribution >= 4 is 0 Å². The van der Waals surface area contributed by atoms with Gasteiger partial charge in [-0.2, -0.15) is 0 Å². The first-order valence-electron chi connectivity index (χ1n) is 9.69. The molecule has 0 saturated heterocycles. The van der Waals surface area contributed by atoms with Gasteiger partial charge in [-0.1, -0.05) is 52.9 Å². The fourth-order valence-corrected chi connectivity index (χ4v) is 3.20. The Hall–Kier alpha value is -0.910. The Morgan fingerprint density at radius 2 is 1.80 bits per heavy atom. The molecule has 0 amide bonds. The highest BCUT2D eigenvalue weighted by Crippen LogP contribution is 2.24. The molecule has 0 aromatic carbocycles. The van der Waals surface area contributed by atoms with Gasteiger partial charge in [0.2, 0.25) is 0 Å². The largest absolute Gasteiger partial charge is 0.390 e. The van der Waals surface area contributed by atoms with Crippen LogP contribution in [0.1, 0.15) is 77.6 Å².